The Morgan fingerprint density at radius 2 is 1.86 bits per heavy atom. The second-order valence-corrected chi connectivity index (χ2v) is 7.80. The van der Waals surface area contributed by atoms with E-state index in [0.717, 1.165) is 39.7 Å². The summed E-state index contributed by atoms with van der Waals surface area (Å²) in [5.41, 5.74) is 3.12. The van der Waals surface area contributed by atoms with E-state index in [2.05, 4.69) is 0 Å². The first-order valence-corrected chi connectivity index (χ1v) is 10.0. The zero-order valence-electron chi connectivity index (χ0n) is 16.0. The third-order valence-corrected chi connectivity index (χ3v) is 6.02. The Balaban J connectivity index is 1.48. The van der Waals surface area contributed by atoms with Crippen molar-refractivity contribution in [3.05, 3.63) is 64.7 Å². The Bertz CT molecular complexity index is 999. The molecule has 0 fully saturated rings. The van der Waals surface area contributed by atoms with Crippen molar-refractivity contribution in [3.63, 3.8) is 0 Å². The molecule has 1 amide bonds. The van der Waals surface area contributed by atoms with Crippen LogP contribution in [-0.4, -0.2) is 36.6 Å². The van der Waals surface area contributed by atoms with Crippen LogP contribution in [0.3, 0.4) is 0 Å². The van der Waals surface area contributed by atoms with Gasteiger partial charge >= 0.3 is 0 Å². The van der Waals surface area contributed by atoms with Crippen LogP contribution in [0.15, 0.2) is 48.5 Å². The zero-order valence-corrected chi connectivity index (χ0v) is 16.8. The Morgan fingerprint density at radius 3 is 2.64 bits per heavy atom. The molecule has 0 bridgehead atoms. The maximum atomic E-state index is 12.8. The summed E-state index contributed by atoms with van der Waals surface area (Å²) in [6.45, 7) is 1.33. The maximum Gasteiger partial charge on any atom is 0.227 e. The van der Waals surface area contributed by atoms with Gasteiger partial charge in [0.2, 0.25) is 5.91 Å². The molecule has 0 unspecified atom stereocenters. The van der Waals surface area contributed by atoms with Crippen molar-refractivity contribution < 1.29 is 14.3 Å². The first-order chi connectivity index (χ1) is 13.7. The van der Waals surface area contributed by atoms with Gasteiger partial charge in [0.25, 0.3) is 0 Å². The average molecular weight is 394 g/mol. The number of aromatic nitrogens is 1. The summed E-state index contributed by atoms with van der Waals surface area (Å²) in [4.78, 5) is 20.7. The average Bonchev–Trinajstić information content (AvgIpc) is 3.17. The molecule has 4 rings (SSSR count). The minimum atomic E-state index is 0.134. The number of benzene rings is 2. The topological polar surface area (TPSA) is 51.7 Å². The van der Waals surface area contributed by atoms with Gasteiger partial charge in [-0.1, -0.05) is 24.3 Å². The summed E-state index contributed by atoms with van der Waals surface area (Å²) in [6, 6.07) is 15.6. The van der Waals surface area contributed by atoms with E-state index in [-0.39, 0.29) is 5.91 Å². The van der Waals surface area contributed by atoms with Crippen molar-refractivity contribution in [2.75, 3.05) is 20.8 Å². The van der Waals surface area contributed by atoms with E-state index >= 15 is 0 Å². The minimum absolute atomic E-state index is 0.134. The second-order valence-electron chi connectivity index (χ2n) is 6.71. The van der Waals surface area contributed by atoms with Crippen LogP contribution in [0.1, 0.15) is 16.1 Å². The molecule has 1 aliphatic rings. The van der Waals surface area contributed by atoms with Crippen molar-refractivity contribution in [2.24, 2.45) is 0 Å². The van der Waals surface area contributed by atoms with Gasteiger partial charge in [-0.15, -0.1) is 11.3 Å². The highest BCUT2D eigenvalue weighted by molar-refractivity contribution is 7.15. The molecule has 0 spiro atoms. The van der Waals surface area contributed by atoms with Crippen LogP contribution in [-0.2, 0) is 24.2 Å². The van der Waals surface area contributed by atoms with Crippen LogP contribution >= 0.6 is 11.3 Å². The zero-order chi connectivity index (χ0) is 19.5. The molecule has 0 atom stereocenters. The van der Waals surface area contributed by atoms with Gasteiger partial charge in [-0.25, -0.2) is 4.98 Å². The number of hydrogen-bond donors (Lipinski definition) is 0. The van der Waals surface area contributed by atoms with E-state index in [1.54, 1.807) is 25.6 Å². The Kier molecular flexibility index (Phi) is 5.30. The standard InChI is InChI=1S/C22H22N2O3S/c1-26-17-7-3-5-15(11-17)12-21(25)24-10-9-19-20(14-24)28-22(23-19)16-6-4-8-18(13-16)27-2/h3-8,11,13H,9-10,12,14H2,1-2H3. The fraction of sp³-hybridized carbons (Fsp3) is 0.273. The summed E-state index contributed by atoms with van der Waals surface area (Å²) >= 11 is 1.66. The summed E-state index contributed by atoms with van der Waals surface area (Å²) in [5, 5.41) is 0.978. The largest absolute Gasteiger partial charge is 0.497 e. The van der Waals surface area contributed by atoms with Crippen molar-refractivity contribution in [1.29, 1.82) is 0 Å². The number of hydrogen-bond acceptors (Lipinski definition) is 5. The van der Waals surface area contributed by atoms with Gasteiger partial charge in [0.05, 0.1) is 32.9 Å². The van der Waals surface area contributed by atoms with Gasteiger partial charge < -0.3 is 14.4 Å². The predicted molar refractivity (Wildman–Crippen MR) is 110 cm³/mol. The molecule has 0 saturated carbocycles. The molecule has 0 aliphatic carbocycles. The fourth-order valence-corrected chi connectivity index (χ4v) is 4.48. The molecule has 28 heavy (non-hydrogen) atoms. The van der Waals surface area contributed by atoms with Crippen LogP contribution in [0.25, 0.3) is 10.6 Å². The molecule has 6 heteroatoms. The van der Waals surface area contributed by atoms with E-state index in [4.69, 9.17) is 14.5 Å². The molecule has 144 valence electrons. The lowest BCUT2D eigenvalue weighted by molar-refractivity contribution is -0.131. The third-order valence-electron chi connectivity index (χ3n) is 4.89. The van der Waals surface area contributed by atoms with Crippen LogP contribution < -0.4 is 9.47 Å². The molecule has 2 heterocycles. The van der Waals surface area contributed by atoms with Crippen molar-refractivity contribution in [2.45, 2.75) is 19.4 Å². The first kappa shape index (κ1) is 18.5. The summed E-state index contributed by atoms with van der Waals surface area (Å²) in [7, 11) is 3.30. The van der Waals surface area contributed by atoms with Gasteiger partial charge in [0, 0.05) is 23.4 Å². The summed E-state index contributed by atoms with van der Waals surface area (Å²) in [6.07, 6.45) is 1.17. The van der Waals surface area contributed by atoms with Crippen LogP contribution in [0, 0.1) is 0 Å². The van der Waals surface area contributed by atoms with E-state index < -0.39 is 0 Å². The maximum absolute atomic E-state index is 12.8. The highest BCUT2D eigenvalue weighted by Gasteiger charge is 2.24. The van der Waals surface area contributed by atoms with Crippen LogP contribution in [0.5, 0.6) is 11.5 Å². The lowest BCUT2D eigenvalue weighted by Gasteiger charge is -2.26. The highest BCUT2D eigenvalue weighted by Crippen LogP contribution is 2.33. The molecule has 0 saturated heterocycles. The molecular weight excluding hydrogens is 372 g/mol. The molecule has 0 N–H and O–H groups in total. The van der Waals surface area contributed by atoms with Gasteiger partial charge in [-0.05, 0) is 29.8 Å². The number of methoxy groups -OCH3 is 2. The SMILES string of the molecule is COc1cccc(CC(=O)N2CCc3nc(-c4cccc(OC)c4)sc3C2)c1. The Hall–Kier alpha value is -2.86. The van der Waals surface area contributed by atoms with E-state index in [0.29, 0.717) is 19.5 Å². The molecule has 0 radical (unpaired) electrons. The summed E-state index contributed by atoms with van der Waals surface area (Å²) in [5.74, 6) is 1.73. The van der Waals surface area contributed by atoms with E-state index in [9.17, 15) is 4.79 Å². The fourth-order valence-electron chi connectivity index (χ4n) is 3.36. The minimum Gasteiger partial charge on any atom is -0.497 e. The van der Waals surface area contributed by atoms with Gasteiger partial charge in [-0.2, -0.15) is 0 Å². The number of amides is 1. The third kappa shape index (κ3) is 3.87. The van der Waals surface area contributed by atoms with Crippen molar-refractivity contribution >= 4 is 17.2 Å². The molecule has 1 aromatic heterocycles. The van der Waals surface area contributed by atoms with E-state index in [1.165, 1.54) is 4.88 Å². The number of rotatable bonds is 5. The highest BCUT2D eigenvalue weighted by atomic mass is 32.1. The monoisotopic (exact) mass is 394 g/mol. The Morgan fingerprint density at radius 1 is 1.11 bits per heavy atom. The van der Waals surface area contributed by atoms with Crippen LogP contribution in [0.2, 0.25) is 0 Å². The number of fused-ring (bicyclic) bond motifs is 1. The van der Waals surface area contributed by atoms with Crippen molar-refractivity contribution in [3.8, 4) is 22.1 Å². The molecule has 5 nitrogen and oxygen atoms in total. The van der Waals surface area contributed by atoms with Crippen LogP contribution in [0.4, 0.5) is 0 Å². The molecule has 3 aromatic rings. The number of carbonyl (C=O) groups is 1. The normalized spacial score (nSPS) is 13.1. The summed E-state index contributed by atoms with van der Waals surface area (Å²) < 4.78 is 10.6. The smallest absolute Gasteiger partial charge is 0.227 e. The molecular formula is C22H22N2O3S. The predicted octanol–water partition coefficient (Wildman–Crippen LogP) is 3.95. The van der Waals surface area contributed by atoms with Gasteiger partial charge in [0.1, 0.15) is 16.5 Å². The Labute approximate surface area is 168 Å². The van der Waals surface area contributed by atoms with Gasteiger partial charge in [0.15, 0.2) is 0 Å². The number of nitrogens with zero attached hydrogens (tertiary/aromatic N) is 2. The lowest BCUT2D eigenvalue weighted by Crippen LogP contribution is -2.36. The number of thiazole rings is 1. The first-order valence-electron chi connectivity index (χ1n) is 9.20. The molecule has 1 aliphatic heterocycles. The van der Waals surface area contributed by atoms with E-state index in [1.807, 2.05) is 53.4 Å². The van der Waals surface area contributed by atoms with Crippen molar-refractivity contribution in [1.82, 2.24) is 9.88 Å². The lowest BCUT2D eigenvalue weighted by atomic mass is 10.1. The van der Waals surface area contributed by atoms with Gasteiger partial charge in [-0.3, -0.25) is 4.79 Å². The second kappa shape index (κ2) is 8.02. The number of carbonyl (C=O) groups excluding carboxylic acids is 1. The number of ether oxygens (including phenoxy) is 2. The molecule has 2 aromatic carbocycles. The quantitative estimate of drug-likeness (QED) is 0.657.